The van der Waals surface area contributed by atoms with Crippen LogP contribution >= 0.6 is 0 Å². The molecule has 110 valence electrons. The predicted molar refractivity (Wildman–Crippen MR) is 94.1 cm³/mol. The van der Waals surface area contributed by atoms with Crippen molar-refractivity contribution in [2.75, 3.05) is 0 Å². The fourth-order valence-corrected chi connectivity index (χ4v) is 2.97. The summed E-state index contributed by atoms with van der Waals surface area (Å²) in [7, 11) is 0. The summed E-state index contributed by atoms with van der Waals surface area (Å²) in [5.41, 5.74) is 9.58. The molecule has 0 spiro atoms. The Hall–Kier alpha value is -2.41. The third-order valence-corrected chi connectivity index (χ3v) is 4.20. The molecule has 0 bridgehead atoms. The van der Waals surface area contributed by atoms with Gasteiger partial charge >= 0.3 is 0 Å². The van der Waals surface area contributed by atoms with Crippen molar-refractivity contribution >= 4 is 0 Å². The molecule has 0 atom stereocenters. The van der Waals surface area contributed by atoms with E-state index in [0.717, 1.165) is 11.4 Å². The molecular formula is C21H21N. The highest BCUT2D eigenvalue weighted by molar-refractivity contribution is 5.74. The molecule has 1 heterocycles. The summed E-state index contributed by atoms with van der Waals surface area (Å²) in [5.74, 6) is 0. The van der Waals surface area contributed by atoms with E-state index in [1.807, 2.05) is 0 Å². The molecule has 1 nitrogen and oxygen atoms in total. The zero-order valence-electron chi connectivity index (χ0n) is 13.6. The minimum Gasteiger partial charge on any atom is -0.247 e. The van der Waals surface area contributed by atoms with Gasteiger partial charge in [0.25, 0.3) is 0 Å². The maximum atomic E-state index is 5.03. The van der Waals surface area contributed by atoms with Crippen molar-refractivity contribution < 1.29 is 0 Å². The average Bonchev–Trinajstić information content (AvgIpc) is 2.50. The van der Waals surface area contributed by atoms with E-state index in [9.17, 15) is 0 Å². The first-order chi connectivity index (χ1) is 10.6. The van der Waals surface area contributed by atoms with Crippen LogP contribution in [0.25, 0.3) is 22.5 Å². The second kappa shape index (κ2) is 5.76. The van der Waals surface area contributed by atoms with Gasteiger partial charge < -0.3 is 0 Å². The van der Waals surface area contributed by atoms with Gasteiger partial charge in [0, 0.05) is 11.1 Å². The molecule has 0 saturated carbocycles. The Kier molecular flexibility index (Phi) is 3.81. The van der Waals surface area contributed by atoms with Crippen LogP contribution in [0.2, 0.25) is 0 Å². The topological polar surface area (TPSA) is 12.9 Å². The average molecular weight is 287 g/mol. The van der Waals surface area contributed by atoms with Crippen molar-refractivity contribution in [2.45, 2.75) is 27.7 Å². The van der Waals surface area contributed by atoms with E-state index >= 15 is 0 Å². The number of nitrogens with zero attached hydrogens (tertiary/aromatic N) is 1. The molecule has 0 unspecified atom stereocenters. The van der Waals surface area contributed by atoms with Gasteiger partial charge in [0.05, 0.1) is 11.4 Å². The summed E-state index contributed by atoms with van der Waals surface area (Å²) in [5, 5.41) is 0. The molecule has 3 aromatic rings. The fourth-order valence-electron chi connectivity index (χ4n) is 2.97. The minimum absolute atomic E-state index is 1.09. The van der Waals surface area contributed by atoms with E-state index in [1.54, 1.807) is 0 Å². The van der Waals surface area contributed by atoms with Crippen LogP contribution < -0.4 is 0 Å². The lowest BCUT2D eigenvalue weighted by Gasteiger charge is -2.14. The molecule has 0 saturated heterocycles. The first kappa shape index (κ1) is 14.5. The highest BCUT2D eigenvalue weighted by Gasteiger charge is 2.12. The quantitative estimate of drug-likeness (QED) is 0.593. The van der Waals surface area contributed by atoms with E-state index in [2.05, 4.69) is 82.3 Å². The summed E-state index contributed by atoms with van der Waals surface area (Å²) in [6.45, 7) is 8.57. The third kappa shape index (κ3) is 2.55. The molecule has 1 aromatic heterocycles. The van der Waals surface area contributed by atoms with Gasteiger partial charge in [0.15, 0.2) is 0 Å². The zero-order valence-corrected chi connectivity index (χ0v) is 13.6. The second-order valence-corrected chi connectivity index (χ2v) is 5.95. The van der Waals surface area contributed by atoms with Gasteiger partial charge in [0.2, 0.25) is 0 Å². The predicted octanol–water partition coefficient (Wildman–Crippen LogP) is 5.65. The van der Waals surface area contributed by atoms with Gasteiger partial charge in [-0.15, -0.1) is 0 Å². The molecule has 0 fully saturated rings. The first-order valence-corrected chi connectivity index (χ1v) is 7.68. The maximum Gasteiger partial charge on any atom is 0.0741 e. The van der Waals surface area contributed by atoms with Gasteiger partial charge in [-0.1, -0.05) is 54.6 Å². The molecule has 0 radical (unpaired) electrons. The minimum atomic E-state index is 1.09. The van der Waals surface area contributed by atoms with E-state index in [-0.39, 0.29) is 0 Å². The highest BCUT2D eigenvalue weighted by atomic mass is 14.7. The van der Waals surface area contributed by atoms with Crippen LogP contribution in [-0.2, 0) is 0 Å². The number of hydrogen-bond acceptors (Lipinski definition) is 1. The van der Waals surface area contributed by atoms with Crippen LogP contribution in [0.4, 0.5) is 0 Å². The highest BCUT2D eigenvalue weighted by Crippen LogP contribution is 2.31. The number of rotatable bonds is 2. The molecule has 22 heavy (non-hydrogen) atoms. The molecule has 3 rings (SSSR count). The van der Waals surface area contributed by atoms with Crippen LogP contribution in [-0.4, -0.2) is 4.98 Å². The summed E-state index contributed by atoms with van der Waals surface area (Å²) in [6.07, 6.45) is 0. The number of hydrogen-bond donors (Lipinski definition) is 0. The maximum absolute atomic E-state index is 5.03. The van der Waals surface area contributed by atoms with Gasteiger partial charge in [0.1, 0.15) is 0 Å². The Balaban J connectivity index is 2.25. The molecule has 1 heteroatoms. The standard InChI is InChI=1S/C21H21N/c1-14-9-5-7-11-18(14)20-16(3)13-17(4)21(22-20)19-12-8-6-10-15(19)2/h5-13H,1-4H3. The van der Waals surface area contributed by atoms with Crippen LogP contribution in [0.3, 0.4) is 0 Å². The molecule has 2 aromatic carbocycles. The van der Waals surface area contributed by atoms with Crippen molar-refractivity contribution in [3.63, 3.8) is 0 Å². The molecular weight excluding hydrogens is 266 g/mol. The number of aromatic nitrogens is 1. The largest absolute Gasteiger partial charge is 0.247 e. The van der Waals surface area contributed by atoms with E-state index in [4.69, 9.17) is 4.98 Å². The van der Waals surface area contributed by atoms with Crippen LogP contribution in [0.1, 0.15) is 22.3 Å². The Morgan fingerprint density at radius 1 is 0.545 bits per heavy atom. The summed E-state index contributed by atoms with van der Waals surface area (Å²) in [4.78, 5) is 5.03. The van der Waals surface area contributed by atoms with E-state index < -0.39 is 0 Å². The fraction of sp³-hybridized carbons (Fsp3) is 0.190. The van der Waals surface area contributed by atoms with Crippen molar-refractivity contribution in [2.24, 2.45) is 0 Å². The Bertz CT molecular complexity index is 764. The lowest BCUT2D eigenvalue weighted by Crippen LogP contribution is -1.97. The smallest absolute Gasteiger partial charge is 0.0741 e. The second-order valence-electron chi connectivity index (χ2n) is 5.95. The molecule has 0 N–H and O–H groups in total. The van der Waals surface area contributed by atoms with E-state index in [1.165, 1.54) is 33.4 Å². The zero-order chi connectivity index (χ0) is 15.7. The van der Waals surface area contributed by atoms with Crippen molar-refractivity contribution in [3.05, 3.63) is 76.9 Å². The third-order valence-electron chi connectivity index (χ3n) is 4.20. The van der Waals surface area contributed by atoms with Gasteiger partial charge in [-0.2, -0.15) is 0 Å². The van der Waals surface area contributed by atoms with Crippen LogP contribution in [0.15, 0.2) is 54.6 Å². The van der Waals surface area contributed by atoms with Crippen LogP contribution in [0.5, 0.6) is 0 Å². The Morgan fingerprint density at radius 3 is 1.36 bits per heavy atom. The van der Waals surface area contributed by atoms with Gasteiger partial charge in [-0.05, 0) is 49.9 Å². The number of pyridine rings is 1. The molecule has 0 aliphatic rings. The van der Waals surface area contributed by atoms with Crippen molar-refractivity contribution in [1.82, 2.24) is 4.98 Å². The number of benzene rings is 2. The van der Waals surface area contributed by atoms with Crippen LogP contribution in [0, 0.1) is 27.7 Å². The Labute approximate surface area is 132 Å². The molecule has 0 aliphatic carbocycles. The lowest BCUT2D eigenvalue weighted by molar-refractivity contribution is 1.21. The van der Waals surface area contributed by atoms with E-state index in [0.29, 0.717) is 0 Å². The molecule has 0 amide bonds. The van der Waals surface area contributed by atoms with Crippen molar-refractivity contribution in [3.8, 4) is 22.5 Å². The van der Waals surface area contributed by atoms with Gasteiger partial charge in [-0.25, -0.2) is 4.98 Å². The monoisotopic (exact) mass is 287 g/mol. The Morgan fingerprint density at radius 2 is 0.955 bits per heavy atom. The number of aryl methyl sites for hydroxylation is 4. The molecule has 0 aliphatic heterocycles. The van der Waals surface area contributed by atoms with Gasteiger partial charge in [-0.3, -0.25) is 0 Å². The lowest BCUT2D eigenvalue weighted by atomic mass is 9.96. The summed E-state index contributed by atoms with van der Waals surface area (Å²) in [6, 6.07) is 19.1. The summed E-state index contributed by atoms with van der Waals surface area (Å²) < 4.78 is 0. The summed E-state index contributed by atoms with van der Waals surface area (Å²) >= 11 is 0. The first-order valence-electron chi connectivity index (χ1n) is 7.68. The normalized spacial score (nSPS) is 10.7. The van der Waals surface area contributed by atoms with Crippen molar-refractivity contribution in [1.29, 1.82) is 0 Å². The SMILES string of the molecule is Cc1ccccc1-c1nc(-c2ccccc2C)c(C)cc1C.